The summed E-state index contributed by atoms with van der Waals surface area (Å²) in [5.74, 6) is 1.31. The van der Waals surface area contributed by atoms with Crippen LogP contribution >= 0.6 is 11.3 Å². The first-order valence-electron chi connectivity index (χ1n) is 7.85. The van der Waals surface area contributed by atoms with Gasteiger partial charge in [0.25, 0.3) is 5.91 Å². The first-order valence-corrected chi connectivity index (χ1v) is 8.67. The number of ether oxygens (including phenoxy) is 2. The molecule has 3 rings (SSSR count). The fourth-order valence-corrected chi connectivity index (χ4v) is 4.38. The maximum atomic E-state index is 12.8. The van der Waals surface area contributed by atoms with Gasteiger partial charge in [-0.05, 0) is 18.9 Å². The lowest BCUT2D eigenvalue weighted by Gasteiger charge is -2.33. The standard InChI is InChI=1S/C16H24N2O3S/c1-11-9-18(10-13(11)17-4-6-21-7-5-17)16(19)15-14(20-3)8-12(2)22-15/h8,11,13H,4-7,9-10H2,1-3H3/t11-,13-/m0/s1. The van der Waals surface area contributed by atoms with Gasteiger partial charge in [-0.3, -0.25) is 9.69 Å². The van der Waals surface area contributed by atoms with Crippen molar-refractivity contribution in [3.8, 4) is 5.75 Å². The molecular formula is C16H24N2O3S. The Bertz CT molecular complexity index is 539. The summed E-state index contributed by atoms with van der Waals surface area (Å²) >= 11 is 1.52. The van der Waals surface area contributed by atoms with E-state index in [2.05, 4.69) is 11.8 Å². The van der Waals surface area contributed by atoms with E-state index in [1.165, 1.54) is 11.3 Å². The molecule has 0 aromatic carbocycles. The second-order valence-electron chi connectivity index (χ2n) is 6.16. The molecule has 122 valence electrons. The Hall–Kier alpha value is -1.11. The van der Waals surface area contributed by atoms with Crippen LogP contribution in [0.2, 0.25) is 0 Å². The zero-order chi connectivity index (χ0) is 15.7. The van der Waals surface area contributed by atoms with E-state index in [0.29, 0.717) is 17.7 Å². The van der Waals surface area contributed by atoms with Crippen molar-refractivity contribution in [1.82, 2.24) is 9.80 Å². The molecule has 1 amide bonds. The SMILES string of the molecule is COc1cc(C)sc1C(=O)N1C[C@H](C)[C@@H](N2CCOCC2)C1. The molecule has 5 nitrogen and oxygen atoms in total. The Kier molecular flexibility index (Phi) is 4.70. The van der Waals surface area contributed by atoms with Crippen LogP contribution < -0.4 is 4.74 Å². The normalized spacial score (nSPS) is 26.4. The van der Waals surface area contributed by atoms with Crippen LogP contribution in [0.15, 0.2) is 6.07 Å². The van der Waals surface area contributed by atoms with Crippen LogP contribution in [-0.4, -0.2) is 68.3 Å². The molecule has 6 heteroatoms. The number of morpholine rings is 1. The predicted molar refractivity (Wildman–Crippen MR) is 86.9 cm³/mol. The van der Waals surface area contributed by atoms with E-state index in [1.54, 1.807) is 7.11 Å². The van der Waals surface area contributed by atoms with E-state index in [1.807, 2.05) is 17.9 Å². The monoisotopic (exact) mass is 324 g/mol. The number of hydrogen-bond acceptors (Lipinski definition) is 5. The first-order chi connectivity index (χ1) is 10.6. The number of rotatable bonds is 3. The molecule has 2 atom stereocenters. The molecule has 1 aromatic heterocycles. The molecule has 0 saturated carbocycles. The van der Waals surface area contributed by atoms with Crippen LogP contribution in [0.3, 0.4) is 0 Å². The minimum Gasteiger partial charge on any atom is -0.495 e. The number of carbonyl (C=O) groups is 1. The van der Waals surface area contributed by atoms with E-state index in [9.17, 15) is 4.79 Å². The molecule has 0 radical (unpaired) electrons. The Labute approximate surface area is 135 Å². The largest absolute Gasteiger partial charge is 0.495 e. The highest BCUT2D eigenvalue weighted by atomic mass is 32.1. The smallest absolute Gasteiger partial charge is 0.267 e. The summed E-state index contributed by atoms with van der Waals surface area (Å²) in [6.07, 6.45) is 0. The Balaban J connectivity index is 1.71. The maximum absolute atomic E-state index is 12.8. The van der Waals surface area contributed by atoms with E-state index in [-0.39, 0.29) is 5.91 Å². The Morgan fingerprint density at radius 2 is 2.09 bits per heavy atom. The van der Waals surface area contributed by atoms with Crippen molar-refractivity contribution in [1.29, 1.82) is 0 Å². The van der Waals surface area contributed by atoms with Crippen molar-refractivity contribution in [2.75, 3.05) is 46.5 Å². The summed E-state index contributed by atoms with van der Waals surface area (Å²) < 4.78 is 10.8. The maximum Gasteiger partial charge on any atom is 0.267 e. The summed E-state index contributed by atoms with van der Waals surface area (Å²) in [5.41, 5.74) is 0. The molecular weight excluding hydrogens is 300 g/mol. The Morgan fingerprint density at radius 1 is 1.36 bits per heavy atom. The zero-order valence-corrected chi connectivity index (χ0v) is 14.3. The molecule has 0 unspecified atom stereocenters. The van der Waals surface area contributed by atoms with Gasteiger partial charge in [0.05, 0.1) is 20.3 Å². The molecule has 2 aliphatic rings. The van der Waals surface area contributed by atoms with Gasteiger partial charge in [-0.25, -0.2) is 0 Å². The molecule has 0 aliphatic carbocycles. The summed E-state index contributed by atoms with van der Waals surface area (Å²) in [6.45, 7) is 9.42. The van der Waals surface area contributed by atoms with E-state index >= 15 is 0 Å². The fraction of sp³-hybridized carbons (Fsp3) is 0.688. The van der Waals surface area contributed by atoms with Gasteiger partial charge in [-0.1, -0.05) is 6.92 Å². The summed E-state index contributed by atoms with van der Waals surface area (Å²) in [6, 6.07) is 2.39. The van der Waals surface area contributed by atoms with Crippen LogP contribution in [0.4, 0.5) is 0 Å². The van der Waals surface area contributed by atoms with Crippen molar-refractivity contribution >= 4 is 17.2 Å². The molecule has 2 fully saturated rings. The molecule has 0 bridgehead atoms. The second-order valence-corrected chi connectivity index (χ2v) is 7.41. The van der Waals surface area contributed by atoms with Crippen molar-refractivity contribution in [3.63, 3.8) is 0 Å². The number of nitrogens with zero attached hydrogens (tertiary/aromatic N) is 2. The number of methoxy groups -OCH3 is 1. The minimum absolute atomic E-state index is 0.109. The van der Waals surface area contributed by atoms with Gasteiger partial charge < -0.3 is 14.4 Å². The Morgan fingerprint density at radius 3 is 2.77 bits per heavy atom. The van der Waals surface area contributed by atoms with E-state index in [0.717, 1.165) is 49.1 Å². The highest BCUT2D eigenvalue weighted by Crippen LogP contribution is 2.32. The average molecular weight is 324 g/mol. The molecule has 0 N–H and O–H groups in total. The van der Waals surface area contributed by atoms with Gasteiger partial charge in [0.2, 0.25) is 0 Å². The topological polar surface area (TPSA) is 42.0 Å². The highest BCUT2D eigenvalue weighted by molar-refractivity contribution is 7.14. The lowest BCUT2D eigenvalue weighted by Crippen LogP contribution is -2.47. The van der Waals surface area contributed by atoms with Crippen LogP contribution in [-0.2, 0) is 4.74 Å². The van der Waals surface area contributed by atoms with Gasteiger partial charge in [0.15, 0.2) is 0 Å². The molecule has 1 aromatic rings. The van der Waals surface area contributed by atoms with Gasteiger partial charge in [-0.2, -0.15) is 0 Å². The van der Waals surface area contributed by atoms with Crippen molar-refractivity contribution < 1.29 is 14.3 Å². The lowest BCUT2D eigenvalue weighted by molar-refractivity contribution is 0.0119. The van der Waals surface area contributed by atoms with Crippen molar-refractivity contribution in [3.05, 3.63) is 15.8 Å². The van der Waals surface area contributed by atoms with E-state index < -0.39 is 0 Å². The number of amides is 1. The highest BCUT2D eigenvalue weighted by Gasteiger charge is 2.37. The van der Waals surface area contributed by atoms with Gasteiger partial charge in [0.1, 0.15) is 10.6 Å². The summed E-state index contributed by atoms with van der Waals surface area (Å²) in [4.78, 5) is 19.1. The average Bonchev–Trinajstić information content (AvgIpc) is 3.10. The van der Waals surface area contributed by atoms with Crippen molar-refractivity contribution in [2.45, 2.75) is 19.9 Å². The van der Waals surface area contributed by atoms with Gasteiger partial charge in [0, 0.05) is 37.1 Å². The van der Waals surface area contributed by atoms with Gasteiger partial charge >= 0.3 is 0 Å². The molecule has 22 heavy (non-hydrogen) atoms. The number of hydrogen-bond donors (Lipinski definition) is 0. The van der Waals surface area contributed by atoms with Crippen molar-refractivity contribution in [2.24, 2.45) is 5.92 Å². The molecule has 2 aliphatic heterocycles. The fourth-order valence-electron chi connectivity index (χ4n) is 3.44. The van der Waals surface area contributed by atoms with Gasteiger partial charge in [-0.15, -0.1) is 11.3 Å². The zero-order valence-electron chi connectivity index (χ0n) is 13.5. The number of thiophene rings is 1. The third kappa shape index (κ3) is 3.00. The number of aryl methyl sites for hydroxylation is 1. The molecule has 3 heterocycles. The van der Waals surface area contributed by atoms with Crippen LogP contribution in [0.1, 0.15) is 21.5 Å². The predicted octanol–water partition coefficient (Wildman–Crippen LogP) is 1.86. The second kappa shape index (κ2) is 6.56. The first kappa shape index (κ1) is 15.8. The summed E-state index contributed by atoms with van der Waals surface area (Å²) in [7, 11) is 1.63. The van der Waals surface area contributed by atoms with Crippen LogP contribution in [0.25, 0.3) is 0 Å². The molecule has 0 spiro atoms. The molecule has 2 saturated heterocycles. The minimum atomic E-state index is 0.109. The third-order valence-electron chi connectivity index (χ3n) is 4.61. The van der Waals surface area contributed by atoms with E-state index in [4.69, 9.17) is 9.47 Å². The number of likely N-dealkylation sites (tertiary alicyclic amines) is 1. The lowest BCUT2D eigenvalue weighted by atomic mass is 10.0. The quantitative estimate of drug-likeness (QED) is 0.851. The van der Waals surface area contributed by atoms with Crippen LogP contribution in [0.5, 0.6) is 5.75 Å². The van der Waals surface area contributed by atoms with Crippen LogP contribution in [0, 0.1) is 12.8 Å². The number of carbonyl (C=O) groups excluding carboxylic acids is 1. The summed E-state index contributed by atoms with van der Waals surface area (Å²) in [5, 5.41) is 0. The third-order valence-corrected chi connectivity index (χ3v) is 5.63.